The quantitative estimate of drug-likeness (QED) is 0.157. The average molecular weight is 549 g/mol. The highest BCUT2D eigenvalue weighted by molar-refractivity contribution is 7.17. The van der Waals surface area contributed by atoms with Crippen molar-refractivity contribution in [2.75, 3.05) is 18.1 Å². The Labute approximate surface area is 231 Å². The Bertz CT molecular complexity index is 1450. The zero-order valence-corrected chi connectivity index (χ0v) is 23.7. The average Bonchev–Trinajstić information content (AvgIpc) is 3.41. The van der Waals surface area contributed by atoms with Crippen LogP contribution in [0.1, 0.15) is 77.3 Å². The molecule has 1 aromatic heterocycles. The van der Waals surface area contributed by atoms with Crippen molar-refractivity contribution in [1.82, 2.24) is 4.98 Å². The number of aliphatic hydroxyl groups excluding tert-OH is 1. The number of hydrogen-bond acceptors (Lipinski definition) is 8. The van der Waals surface area contributed by atoms with Crippen molar-refractivity contribution in [2.24, 2.45) is 0 Å². The maximum absolute atomic E-state index is 13.5. The Balaban J connectivity index is 1.90. The van der Waals surface area contributed by atoms with Gasteiger partial charge < -0.3 is 14.6 Å². The number of thiazole rings is 1. The maximum atomic E-state index is 13.5. The molecule has 1 amide bonds. The summed E-state index contributed by atoms with van der Waals surface area (Å²) in [6, 6.07) is 11.7. The summed E-state index contributed by atoms with van der Waals surface area (Å²) in [7, 11) is 0. The minimum atomic E-state index is -0.946. The number of carbonyl (C=O) groups excluding carboxylic acids is 3. The third-order valence-corrected chi connectivity index (χ3v) is 7.70. The fraction of sp³-hybridized carbons (Fsp3) is 0.333. The molecule has 8 nitrogen and oxygen atoms in total. The molecule has 1 saturated heterocycles. The summed E-state index contributed by atoms with van der Waals surface area (Å²) in [6.45, 7) is 11.9. The van der Waals surface area contributed by atoms with Crippen LogP contribution in [0.2, 0.25) is 0 Å². The molecule has 4 rings (SSSR count). The van der Waals surface area contributed by atoms with E-state index in [0.29, 0.717) is 29.2 Å². The molecule has 204 valence electrons. The Kier molecular flexibility index (Phi) is 8.20. The summed E-state index contributed by atoms with van der Waals surface area (Å²) in [5, 5.41) is 11.6. The highest BCUT2D eigenvalue weighted by Crippen LogP contribution is 2.44. The fourth-order valence-corrected chi connectivity index (χ4v) is 5.54. The number of ketones is 1. The van der Waals surface area contributed by atoms with Crippen molar-refractivity contribution in [2.45, 2.75) is 53.5 Å². The number of aromatic nitrogens is 1. The van der Waals surface area contributed by atoms with E-state index >= 15 is 0 Å². The van der Waals surface area contributed by atoms with Gasteiger partial charge in [0, 0.05) is 5.56 Å². The number of aryl methyl sites for hydroxylation is 2. The van der Waals surface area contributed by atoms with Crippen LogP contribution < -0.4 is 9.64 Å². The summed E-state index contributed by atoms with van der Waals surface area (Å²) in [5.41, 5.74) is 3.24. The molecule has 0 aliphatic carbocycles. The second-order valence-corrected chi connectivity index (χ2v) is 10.5. The van der Waals surface area contributed by atoms with Gasteiger partial charge >= 0.3 is 11.9 Å². The molecule has 1 aliphatic rings. The zero-order valence-electron chi connectivity index (χ0n) is 22.9. The lowest BCUT2D eigenvalue weighted by Crippen LogP contribution is -2.29. The van der Waals surface area contributed by atoms with Crippen molar-refractivity contribution in [3.8, 4) is 5.75 Å². The van der Waals surface area contributed by atoms with Crippen LogP contribution in [0.4, 0.5) is 5.13 Å². The molecule has 0 bridgehead atoms. The molecule has 0 saturated carbocycles. The van der Waals surface area contributed by atoms with Crippen LogP contribution in [0.3, 0.4) is 0 Å². The number of aliphatic hydroxyl groups is 1. The Morgan fingerprint density at radius 1 is 1.08 bits per heavy atom. The van der Waals surface area contributed by atoms with Gasteiger partial charge in [0.2, 0.25) is 0 Å². The molecule has 1 aliphatic heterocycles. The summed E-state index contributed by atoms with van der Waals surface area (Å²) in [5.74, 6) is -1.55. The monoisotopic (exact) mass is 548 g/mol. The highest BCUT2D eigenvalue weighted by atomic mass is 32.1. The second kappa shape index (κ2) is 11.4. The molecule has 39 heavy (non-hydrogen) atoms. The van der Waals surface area contributed by atoms with E-state index in [1.807, 2.05) is 38.1 Å². The number of benzene rings is 2. The topological polar surface area (TPSA) is 106 Å². The zero-order chi connectivity index (χ0) is 28.4. The first-order chi connectivity index (χ1) is 18.6. The van der Waals surface area contributed by atoms with E-state index in [1.165, 1.54) is 4.90 Å². The van der Waals surface area contributed by atoms with Gasteiger partial charge in [0.05, 0.1) is 30.5 Å². The van der Waals surface area contributed by atoms with Crippen LogP contribution in [-0.2, 0) is 14.3 Å². The van der Waals surface area contributed by atoms with E-state index in [2.05, 4.69) is 18.8 Å². The first-order valence-corrected chi connectivity index (χ1v) is 13.7. The molecule has 2 aromatic carbocycles. The lowest BCUT2D eigenvalue weighted by Gasteiger charge is -2.23. The highest BCUT2D eigenvalue weighted by Gasteiger charge is 2.48. The second-order valence-electron chi connectivity index (χ2n) is 9.54. The van der Waals surface area contributed by atoms with Gasteiger partial charge in [0.15, 0.2) is 5.13 Å². The van der Waals surface area contributed by atoms with Crippen LogP contribution >= 0.6 is 11.3 Å². The molecule has 9 heteroatoms. The number of esters is 1. The van der Waals surface area contributed by atoms with Gasteiger partial charge in [0.25, 0.3) is 5.78 Å². The largest absolute Gasteiger partial charge is 0.507 e. The van der Waals surface area contributed by atoms with Crippen LogP contribution in [0, 0.1) is 13.8 Å². The van der Waals surface area contributed by atoms with E-state index in [9.17, 15) is 19.5 Å². The van der Waals surface area contributed by atoms with Crippen molar-refractivity contribution < 1.29 is 29.0 Å². The molecule has 0 spiro atoms. The van der Waals surface area contributed by atoms with Gasteiger partial charge in [-0.15, -0.1) is 0 Å². The minimum Gasteiger partial charge on any atom is -0.507 e. The molecule has 1 fully saturated rings. The van der Waals surface area contributed by atoms with Crippen LogP contribution in [0.25, 0.3) is 5.76 Å². The third kappa shape index (κ3) is 5.31. The van der Waals surface area contributed by atoms with Gasteiger partial charge in [0.1, 0.15) is 16.4 Å². The first kappa shape index (κ1) is 28.0. The summed E-state index contributed by atoms with van der Waals surface area (Å²) in [4.78, 5) is 45.4. The fourth-order valence-electron chi connectivity index (χ4n) is 4.55. The summed E-state index contributed by atoms with van der Waals surface area (Å²) in [6.07, 6.45) is 0. The Morgan fingerprint density at radius 2 is 1.77 bits per heavy atom. The number of carbonyl (C=O) groups is 3. The molecular weight excluding hydrogens is 516 g/mol. The van der Waals surface area contributed by atoms with Gasteiger partial charge in [-0.1, -0.05) is 49.4 Å². The SMILES string of the molecule is CCOC(=O)c1sc(N2C(=O)C(=O)C(=C(O)c3ccc(OCC)c(C)c3)[C@@H]2c2ccc(C(C)C)cc2)nc1C. The van der Waals surface area contributed by atoms with E-state index in [-0.39, 0.29) is 33.9 Å². The van der Waals surface area contributed by atoms with E-state index in [4.69, 9.17) is 9.47 Å². The summed E-state index contributed by atoms with van der Waals surface area (Å²) < 4.78 is 10.7. The van der Waals surface area contributed by atoms with Crippen LogP contribution in [0.5, 0.6) is 5.75 Å². The minimum absolute atomic E-state index is 0.0496. The van der Waals surface area contributed by atoms with Crippen LogP contribution in [0.15, 0.2) is 48.0 Å². The number of amides is 1. The van der Waals surface area contributed by atoms with E-state index in [1.54, 1.807) is 32.0 Å². The Hall–Kier alpha value is -3.98. The van der Waals surface area contributed by atoms with Gasteiger partial charge in [-0.2, -0.15) is 0 Å². The number of nitrogens with zero attached hydrogens (tertiary/aromatic N) is 2. The van der Waals surface area contributed by atoms with Crippen molar-refractivity contribution in [3.05, 3.63) is 80.9 Å². The smallest absolute Gasteiger partial charge is 0.350 e. The summed E-state index contributed by atoms with van der Waals surface area (Å²) >= 11 is 0.983. The van der Waals surface area contributed by atoms with Crippen LogP contribution in [-0.4, -0.2) is 41.0 Å². The van der Waals surface area contributed by atoms with Crippen molar-refractivity contribution in [3.63, 3.8) is 0 Å². The number of Topliss-reactive ketones (excluding diaryl/α,β-unsaturated/α-hetero) is 1. The maximum Gasteiger partial charge on any atom is 0.350 e. The van der Waals surface area contributed by atoms with E-state index < -0.39 is 23.7 Å². The molecule has 2 heterocycles. The number of anilines is 1. The van der Waals surface area contributed by atoms with Crippen molar-refractivity contribution in [1.29, 1.82) is 0 Å². The van der Waals surface area contributed by atoms with E-state index in [0.717, 1.165) is 22.5 Å². The predicted octanol–water partition coefficient (Wildman–Crippen LogP) is 6.09. The van der Waals surface area contributed by atoms with Gasteiger partial charge in [-0.25, -0.2) is 9.78 Å². The number of hydrogen-bond donors (Lipinski definition) is 1. The van der Waals surface area contributed by atoms with Crippen molar-refractivity contribution >= 4 is 39.9 Å². The first-order valence-electron chi connectivity index (χ1n) is 12.9. The number of ether oxygens (including phenoxy) is 2. The van der Waals surface area contributed by atoms with Gasteiger partial charge in [-0.3, -0.25) is 14.5 Å². The molecule has 0 unspecified atom stereocenters. The predicted molar refractivity (Wildman–Crippen MR) is 150 cm³/mol. The standard InChI is InChI=1S/C30H32N2O6S/c1-7-37-22-14-13-21(15-17(22)5)25(33)23-24(20-11-9-19(10-12-20)16(3)4)32(28(35)26(23)34)30-31-18(6)27(39-30)29(36)38-8-2/h9-16,24,33H,7-8H2,1-6H3/t24-/m0/s1. The third-order valence-electron chi connectivity index (χ3n) is 6.56. The normalized spacial score (nSPS) is 16.7. The molecule has 0 radical (unpaired) electrons. The molecule has 1 atom stereocenters. The molecular formula is C30H32N2O6S. The Morgan fingerprint density at radius 3 is 2.36 bits per heavy atom. The molecule has 1 N–H and O–H groups in total. The lowest BCUT2D eigenvalue weighted by molar-refractivity contribution is -0.132. The molecule has 3 aromatic rings. The lowest BCUT2D eigenvalue weighted by atomic mass is 9.93. The van der Waals surface area contributed by atoms with Gasteiger partial charge in [-0.05, 0) is 68.5 Å². The number of rotatable bonds is 8.